The fourth-order valence-corrected chi connectivity index (χ4v) is 1.09. The molecule has 64 valence electrons. The molecule has 4 heteroatoms. The maximum Gasteiger partial charge on any atom is 0.307 e. The molecule has 0 unspecified atom stereocenters. The second-order valence-electron chi connectivity index (χ2n) is 2.38. The van der Waals surface area contributed by atoms with Crippen LogP contribution in [-0.2, 0) is 11.2 Å². The van der Waals surface area contributed by atoms with Crippen molar-refractivity contribution in [2.75, 3.05) is 0 Å². The third-order valence-corrected chi connectivity index (χ3v) is 1.84. The Kier molecular flexibility index (Phi) is 2.60. The third kappa shape index (κ3) is 2.17. The van der Waals surface area contributed by atoms with Gasteiger partial charge in [-0.1, -0.05) is 0 Å². The molecule has 12 heavy (non-hydrogen) atoms. The van der Waals surface area contributed by atoms with Crippen molar-refractivity contribution in [3.05, 3.63) is 23.8 Å². The molecule has 0 amide bonds. The van der Waals surface area contributed by atoms with Crippen molar-refractivity contribution in [2.24, 2.45) is 0 Å². The van der Waals surface area contributed by atoms with Crippen LogP contribution in [0.1, 0.15) is 5.56 Å². The summed E-state index contributed by atoms with van der Waals surface area (Å²) in [4.78, 5) is 10.9. The quantitative estimate of drug-likeness (QED) is 0.607. The van der Waals surface area contributed by atoms with Gasteiger partial charge in [-0.05, 0) is 23.8 Å². The zero-order chi connectivity index (χ0) is 9.14. The highest BCUT2D eigenvalue weighted by Gasteiger charge is 2.04. The molecule has 0 aliphatic heterocycles. The molecular weight excluding hydrogens is 176 g/mol. The largest absolute Gasteiger partial charge is 0.508 e. The number of benzene rings is 1. The molecule has 0 aliphatic rings. The van der Waals surface area contributed by atoms with E-state index in [0.717, 1.165) is 0 Å². The Morgan fingerprint density at radius 3 is 2.75 bits per heavy atom. The van der Waals surface area contributed by atoms with Gasteiger partial charge in [-0.3, -0.25) is 4.79 Å². The summed E-state index contributed by atoms with van der Waals surface area (Å²) >= 11 is 4.05. The van der Waals surface area contributed by atoms with E-state index in [0.29, 0.717) is 10.5 Å². The maximum atomic E-state index is 10.3. The molecule has 0 radical (unpaired) electrons. The minimum Gasteiger partial charge on any atom is -0.508 e. The summed E-state index contributed by atoms with van der Waals surface area (Å²) in [7, 11) is 0. The molecule has 0 aliphatic carbocycles. The topological polar surface area (TPSA) is 57.5 Å². The fraction of sp³-hybridized carbons (Fsp3) is 0.125. The molecule has 0 spiro atoms. The SMILES string of the molecule is O=C(O)Cc1cc(O)ccc1S. The lowest BCUT2D eigenvalue weighted by Gasteiger charge is -2.01. The average molecular weight is 184 g/mol. The summed E-state index contributed by atoms with van der Waals surface area (Å²) < 4.78 is 0. The van der Waals surface area contributed by atoms with Crippen molar-refractivity contribution in [3.8, 4) is 5.75 Å². The summed E-state index contributed by atoms with van der Waals surface area (Å²) in [6, 6.07) is 4.43. The number of phenols is 1. The normalized spacial score (nSPS) is 9.75. The van der Waals surface area contributed by atoms with Crippen molar-refractivity contribution in [1.29, 1.82) is 0 Å². The van der Waals surface area contributed by atoms with Gasteiger partial charge in [0.2, 0.25) is 0 Å². The standard InChI is InChI=1S/C8H8O3S/c9-6-1-2-7(12)5(3-6)4-8(10)11/h1-3,9,12H,4H2,(H,10,11). The third-order valence-electron chi connectivity index (χ3n) is 1.40. The van der Waals surface area contributed by atoms with Crippen molar-refractivity contribution in [3.63, 3.8) is 0 Å². The Labute approximate surface area is 75.1 Å². The predicted octanol–water partition coefficient (Wildman–Crippen LogP) is 1.31. The number of rotatable bonds is 2. The Hall–Kier alpha value is -1.16. The number of phenolic OH excluding ortho intramolecular Hbond substituents is 1. The molecule has 1 aromatic rings. The molecule has 1 rings (SSSR count). The first kappa shape index (κ1) is 8.93. The fourth-order valence-electron chi connectivity index (χ4n) is 0.876. The van der Waals surface area contributed by atoms with E-state index in [4.69, 9.17) is 10.2 Å². The van der Waals surface area contributed by atoms with Crippen LogP contribution in [0.3, 0.4) is 0 Å². The number of hydrogen-bond donors (Lipinski definition) is 3. The molecule has 2 N–H and O–H groups in total. The number of aromatic hydroxyl groups is 1. The van der Waals surface area contributed by atoms with Gasteiger partial charge in [-0.25, -0.2) is 0 Å². The zero-order valence-electron chi connectivity index (χ0n) is 6.19. The van der Waals surface area contributed by atoms with Gasteiger partial charge < -0.3 is 10.2 Å². The van der Waals surface area contributed by atoms with E-state index < -0.39 is 5.97 Å². The van der Waals surface area contributed by atoms with Gasteiger partial charge in [0.1, 0.15) is 5.75 Å². The van der Waals surface area contributed by atoms with Crippen LogP contribution in [0.25, 0.3) is 0 Å². The highest BCUT2D eigenvalue weighted by Crippen LogP contribution is 2.19. The lowest BCUT2D eigenvalue weighted by Crippen LogP contribution is -2.00. The Morgan fingerprint density at radius 1 is 1.50 bits per heavy atom. The first-order chi connectivity index (χ1) is 5.59. The van der Waals surface area contributed by atoms with Crippen LogP contribution in [0.15, 0.2) is 23.1 Å². The number of aliphatic carboxylic acids is 1. The number of hydrogen-bond acceptors (Lipinski definition) is 3. The number of carbonyl (C=O) groups is 1. The lowest BCUT2D eigenvalue weighted by molar-refractivity contribution is -0.136. The molecule has 0 fully saturated rings. The van der Waals surface area contributed by atoms with Gasteiger partial charge in [0, 0.05) is 4.90 Å². The molecule has 0 aromatic heterocycles. The summed E-state index contributed by atoms with van der Waals surface area (Å²) in [6.07, 6.45) is -0.118. The molecule has 0 bridgehead atoms. The van der Waals surface area contributed by atoms with E-state index in [1.165, 1.54) is 12.1 Å². The van der Waals surface area contributed by atoms with Gasteiger partial charge in [-0.15, -0.1) is 12.6 Å². The van der Waals surface area contributed by atoms with E-state index in [1.54, 1.807) is 6.07 Å². The van der Waals surface area contributed by atoms with Crippen LogP contribution in [0.5, 0.6) is 5.75 Å². The Morgan fingerprint density at radius 2 is 2.17 bits per heavy atom. The number of thiol groups is 1. The molecule has 0 saturated heterocycles. The first-order valence-corrected chi connectivity index (χ1v) is 3.77. The molecule has 0 atom stereocenters. The average Bonchev–Trinajstić information content (AvgIpc) is 1.96. The van der Waals surface area contributed by atoms with Crippen LogP contribution in [0.2, 0.25) is 0 Å². The van der Waals surface area contributed by atoms with E-state index in [2.05, 4.69) is 12.6 Å². The molecule has 0 heterocycles. The summed E-state index contributed by atoms with van der Waals surface area (Å²) in [6.45, 7) is 0. The van der Waals surface area contributed by atoms with Crippen molar-refractivity contribution >= 4 is 18.6 Å². The van der Waals surface area contributed by atoms with Crippen LogP contribution >= 0.6 is 12.6 Å². The molecule has 3 nitrogen and oxygen atoms in total. The van der Waals surface area contributed by atoms with Gasteiger partial charge >= 0.3 is 5.97 Å². The molecular formula is C8H8O3S. The van der Waals surface area contributed by atoms with Gasteiger partial charge in [0.25, 0.3) is 0 Å². The first-order valence-electron chi connectivity index (χ1n) is 3.32. The van der Waals surface area contributed by atoms with E-state index >= 15 is 0 Å². The second kappa shape index (κ2) is 3.49. The Bertz CT molecular complexity index is 309. The highest BCUT2D eigenvalue weighted by molar-refractivity contribution is 7.80. The smallest absolute Gasteiger partial charge is 0.307 e. The molecule has 1 aromatic carbocycles. The predicted molar refractivity (Wildman–Crippen MR) is 46.7 cm³/mol. The second-order valence-corrected chi connectivity index (χ2v) is 2.87. The van der Waals surface area contributed by atoms with Crippen LogP contribution in [0, 0.1) is 0 Å². The van der Waals surface area contributed by atoms with E-state index in [-0.39, 0.29) is 12.2 Å². The van der Waals surface area contributed by atoms with Gasteiger partial charge in [-0.2, -0.15) is 0 Å². The maximum absolute atomic E-state index is 10.3. The van der Waals surface area contributed by atoms with Crippen LogP contribution in [0.4, 0.5) is 0 Å². The highest BCUT2D eigenvalue weighted by atomic mass is 32.1. The zero-order valence-corrected chi connectivity index (χ0v) is 7.08. The van der Waals surface area contributed by atoms with Crippen molar-refractivity contribution in [1.82, 2.24) is 0 Å². The molecule has 0 saturated carbocycles. The van der Waals surface area contributed by atoms with Crippen molar-refractivity contribution < 1.29 is 15.0 Å². The van der Waals surface area contributed by atoms with Crippen LogP contribution in [-0.4, -0.2) is 16.2 Å². The minimum absolute atomic E-state index is 0.0593. The minimum atomic E-state index is -0.934. The van der Waals surface area contributed by atoms with Crippen LogP contribution < -0.4 is 0 Å². The summed E-state index contributed by atoms with van der Waals surface area (Å²) in [5.41, 5.74) is 0.519. The van der Waals surface area contributed by atoms with Gasteiger partial charge in [0.05, 0.1) is 6.42 Å². The van der Waals surface area contributed by atoms with E-state index in [1.807, 2.05) is 0 Å². The van der Waals surface area contributed by atoms with Gasteiger partial charge in [0.15, 0.2) is 0 Å². The number of carboxylic acid groups (broad SMARTS) is 1. The summed E-state index contributed by atoms with van der Waals surface area (Å²) in [5, 5.41) is 17.5. The Balaban J connectivity index is 2.97. The summed E-state index contributed by atoms with van der Waals surface area (Å²) in [5.74, 6) is -0.875. The lowest BCUT2D eigenvalue weighted by atomic mass is 10.1. The number of carboxylic acids is 1. The monoisotopic (exact) mass is 184 g/mol. The van der Waals surface area contributed by atoms with Crippen molar-refractivity contribution in [2.45, 2.75) is 11.3 Å². The van der Waals surface area contributed by atoms with E-state index in [9.17, 15) is 4.79 Å².